The van der Waals surface area contributed by atoms with E-state index in [2.05, 4.69) is 20.3 Å². The molecule has 0 aliphatic heterocycles. The number of hydrogen-bond donors (Lipinski definition) is 1. The SMILES string of the molecule is O=C(Nc1nc(-c2ccco2)c(C(=O)c2ccccn2)s1)c1ccnc(Cl)c1. The van der Waals surface area contributed by atoms with Crippen molar-refractivity contribution in [3.8, 4) is 11.5 Å². The molecule has 0 aliphatic carbocycles. The molecule has 7 nitrogen and oxygen atoms in total. The van der Waals surface area contributed by atoms with Gasteiger partial charge in [-0.2, -0.15) is 0 Å². The lowest BCUT2D eigenvalue weighted by Gasteiger charge is -2.01. The smallest absolute Gasteiger partial charge is 0.257 e. The van der Waals surface area contributed by atoms with Crippen LogP contribution in [-0.4, -0.2) is 26.6 Å². The Morgan fingerprint density at radius 2 is 1.96 bits per heavy atom. The van der Waals surface area contributed by atoms with Crippen LogP contribution < -0.4 is 5.32 Å². The third kappa shape index (κ3) is 3.68. The van der Waals surface area contributed by atoms with Gasteiger partial charge in [-0.1, -0.05) is 29.0 Å². The first kappa shape index (κ1) is 18.0. The monoisotopic (exact) mass is 410 g/mol. The van der Waals surface area contributed by atoms with Gasteiger partial charge >= 0.3 is 0 Å². The summed E-state index contributed by atoms with van der Waals surface area (Å²) in [6.45, 7) is 0. The normalized spacial score (nSPS) is 10.6. The van der Waals surface area contributed by atoms with Gasteiger partial charge in [-0.05, 0) is 36.4 Å². The highest BCUT2D eigenvalue weighted by atomic mass is 35.5. The van der Waals surface area contributed by atoms with E-state index in [0.717, 1.165) is 11.3 Å². The second kappa shape index (κ2) is 7.71. The maximum Gasteiger partial charge on any atom is 0.257 e. The summed E-state index contributed by atoms with van der Waals surface area (Å²) in [4.78, 5) is 38.0. The van der Waals surface area contributed by atoms with E-state index in [9.17, 15) is 9.59 Å². The number of carbonyl (C=O) groups is 2. The fourth-order valence-corrected chi connectivity index (χ4v) is 3.52. The molecule has 4 rings (SSSR count). The first-order valence-electron chi connectivity index (χ1n) is 8.05. The molecule has 0 radical (unpaired) electrons. The maximum absolute atomic E-state index is 12.9. The van der Waals surface area contributed by atoms with Crippen molar-refractivity contribution < 1.29 is 14.0 Å². The van der Waals surface area contributed by atoms with Gasteiger partial charge in [0, 0.05) is 18.0 Å². The average Bonchev–Trinajstić information content (AvgIpc) is 3.38. The Balaban J connectivity index is 1.70. The van der Waals surface area contributed by atoms with Crippen LogP contribution in [0.15, 0.2) is 65.5 Å². The molecular formula is C19H11ClN4O3S. The number of nitrogens with one attached hydrogen (secondary N) is 1. The third-order valence-corrected chi connectivity index (χ3v) is 4.87. The van der Waals surface area contributed by atoms with E-state index < -0.39 is 5.91 Å². The van der Waals surface area contributed by atoms with E-state index in [-0.39, 0.29) is 21.8 Å². The van der Waals surface area contributed by atoms with Crippen molar-refractivity contribution >= 4 is 39.8 Å². The molecule has 0 fully saturated rings. The molecule has 0 atom stereocenters. The van der Waals surface area contributed by atoms with Crippen molar-refractivity contribution in [2.45, 2.75) is 0 Å². The summed E-state index contributed by atoms with van der Waals surface area (Å²) >= 11 is 6.88. The lowest BCUT2D eigenvalue weighted by atomic mass is 10.1. The van der Waals surface area contributed by atoms with Crippen molar-refractivity contribution in [1.82, 2.24) is 15.0 Å². The molecule has 4 heterocycles. The molecule has 0 saturated heterocycles. The number of halogens is 1. The highest BCUT2D eigenvalue weighted by Crippen LogP contribution is 2.33. The molecule has 0 unspecified atom stereocenters. The van der Waals surface area contributed by atoms with E-state index in [1.54, 1.807) is 30.3 Å². The molecule has 0 spiro atoms. The molecule has 4 aromatic rings. The van der Waals surface area contributed by atoms with E-state index >= 15 is 0 Å². The number of nitrogens with zero attached hydrogens (tertiary/aromatic N) is 3. The first-order valence-corrected chi connectivity index (χ1v) is 9.24. The minimum atomic E-state index is -0.416. The summed E-state index contributed by atoms with van der Waals surface area (Å²) < 4.78 is 5.40. The summed E-state index contributed by atoms with van der Waals surface area (Å²) in [7, 11) is 0. The van der Waals surface area contributed by atoms with Crippen molar-refractivity contribution in [3.63, 3.8) is 0 Å². The lowest BCUT2D eigenvalue weighted by molar-refractivity contribution is 0.102. The van der Waals surface area contributed by atoms with Gasteiger partial charge in [-0.25, -0.2) is 9.97 Å². The van der Waals surface area contributed by atoms with Crippen molar-refractivity contribution in [1.29, 1.82) is 0 Å². The van der Waals surface area contributed by atoms with Crippen LogP contribution in [0.25, 0.3) is 11.5 Å². The number of carbonyl (C=O) groups excluding carboxylic acids is 2. The standard InChI is InChI=1S/C19H11ClN4O3S/c20-14-10-11(6-8-22-14)18(26)24-19-23-15(13-5-3-9-27-13)17(28-19)16(25)12-4-1-2-7-21-12/h1-10H,(H,23,24,26). The predicted molar refractivity (Wildman–Crippen MR) is 105 cm³/mol. The summed E-state index contributed by atoms with van der Waals surface area (Å²) in [6, 6.07) is 11.4. The minimum absolute atomic E-state index is 0.203. The van der Waals surface area contributed by atoms with Gasteiger partial charge < -0.3 is 4.42 Å². The Kier molecular flexibility index (Phi) is 4.96. The van der Waals surface area contributed by atoms with Gasteiger partial charge in [0.15, 0.2) is 10.9 Å². The molecular weight excluding hydrogens is 400 g/mol. The number of rotatable bonds is 5. The summed E-state index contributed by atoms with van der Waals surface area (Å²) in [5, 5.41) is 3.14. The van der Waals surface area contributed by atoms with Crippen LogP contribution in [0.4, 0.5) is 5.13 Å². The minimum Gasteiger partial charge on any atom is -0.463 e. The van der Waals surface area contributed by atoms with Crippen LogP contribution in [0, 0.1) is 0 Å². The van der Waals surface area contributed by atoms with Gasteiger partial charge in [-0.3, -0.25) is 19.9 Å². The van der Waals surface area contributed by atoms with E-state index in [1.165, 1.54) is 30.8 Å². The molecule has 4 aromatic heterocycles. The average molecular weight is 411 g/mol. The quantitative estimate of drug-likeness (QED) is 0.388. The van der Waals surface area contributed by atoms with Crippen LogP contribution in [0.1, 0.15) is 25.7 Å². The highest BCUT2D eigenvalue weighted by Gasteiger charge is 2.24. The lowest BCUT2D eigenvalue weighted by Crippen LogP contribution is -2.11. The highest BCUT2D eigenvalue weighted by molar-refractivity contribution is 7.18. The van der Waals surface area contributed by atoms with Gasteiger partial charge in [0.1, 0.15) is 21.4 Å². The van der Waals surface area contributed by atoms with E-state index in [1.807, 2.05) is 0 Å². The Morgan fingerprint density at radius 3 is 2.68 bits per heavy atom. The topological polar surface area (TPSA) is 98.0 Å². The number of thiazole rings is 1. The first-order chi connectivity index (χ1) is 13.6. The van der Waals surface area contributed by atoms with E-state index in [0.29, 0.717) is 21.9 Å². The summed E-state index contributed by atoms with van der Waals surface area (Å²) in [5.74, 6) is -0.305. The van der Waals surface area contributed by atoms with Gasteiger partial charge in [0.2, 0.25) is 5.78 Å². The molecule has 0 saturated carbocycles. The molecule has 0 aromatic carbocycles. The second-order valence-electron chi connectivity index (χ2n) is 5.54. The van der Waals surface area contributed by atoms with E-state index in [4.69, 9.17) is 16.0 Å². The molecule has 138 valence electrons. The Hall–Kier alpha value is -3.36. The molecule has 0 bridgehead atoms. The van der Waals surface area contributed by atoms with Gasteiger partial charge in [0.05, 0.1) is 6.26 Å². The Morgan fingerprint density at radius 1 is 1.07 bits per heavy atom. The Bertz CT molecular complexity index is 1140. The zero-order valence-corrected chi connectivity index (χ0v) is 15.7. The molecule has 1 amide bonds. The molecule has 9 heteroatoms. The largest absolute Gasteiger partial charge is 0.463 e. The Labute approximate surface area is 168 Å². The van der Waals surface area contributed by atoms with Crippen molar-refractivity contribution in [2.24, 2.45) is 0 Å². The predicted octanol–water partition coefficient (Wildman–Crippen LogP) is 4.33. The van der Waals surface area contributed by atoms with Crippen LogP contribution in [0.2, 0.25) is 5.15 Å². The van der Waals surface area contributed by atoms with Crippen molar-refractivity contribution in [3.05, 3.63) is 82.4 Å². The number of amides is 1. The molecule has 1 N–H and O–H groups in total. The van der Waals surface area contributed by atoms with Gasteiger partial charge in [-0.15, -0.1) is 0 Å². The zero-order chi connectivity index (χ0) is 19.5. The fraction of sp³-hybridized carbons (Fsp3) is 0. The zero-order valence-electron chi connectivity index (χ0n) is 14.1. The summed E-state index contributed by atoms with van der Waals surface area (Å²) in [6.07, 6.45) is 4.46. The third-order valence-electron chi connectivity index (χ3n) is 3.69. The second-order valence-corrected chi connectivity index (χ2v) is 6.93. The molecule has 28 heavy (non-hydrogen) atoms. The number of anilines is 1. The molecule has 0 aliphatic rings. The number of pyridine rings is 2. The van der Waals surface area contributed by atoms with Crippen LogP contribution in [0.3, 0.4) is 0 Å². The summed E-state index contributed by atoms with van der Waals surface area (Å²) in [5.41, 5.74) is 0.943. The van der Waals surface area contributed by atoms with Crippen molar-refractivity contribution in [2.75, 3.05) is 5.32 Å². The number of furan rings is 1. The van der Waals surface area contributed by atoms with Gasteiger partial charge in [0.25, 0.3) is 5.91 Å². The number of aromatic nitrogens is 3. The maximum atomic E-state index is 12.9. The number of ketones is 1. The number of hydrogen-bond acceptors (Lipinski definition) is 7. The van der Waals surface area contributed by atoms with Crippen LogP contribution >= 0.6 is 22.9 Å². The van der Waals surface area contributed by atoms with Crippen LogP contribution in [-0.2, 0) is 0 Å². The fourth-order valence-electron chi connectivity index (χ4n) is 2.43. The van der Waals surface area contributed by atoms with Crippen LogP contribution in [0.5, 0.6) is 0 Å².